The van der Waals surface area contributed by atoms with Crippen LogP contribution in [0.3, 0.4) is 0 Å². The average molecular weight is 364 g/mol. The summed E-state index contributed by atoms with van der Waals surface area (Å²) >= 11 is 0. The van der Waals surface area contributed by atoms with E-state index in [2.05, 4.69) is 10.3 Å². The van der Waals surface area contributed by atoms with Crippen LogP contribution in [0.1, 0.15) is 34.6 Å². The van der Waals surface area contributed by atoms with E-state index in [-0.39, 0.29) is 30.3 Å². The van der Waals surface area contributed by atoms with Crippen molar-refractivity contribution in [1.29, 1.82) is 0 Å². The number of carboxylic acids is 1. The lowest BCUT2D eigenvalue weighted by molar-refractivity contribution is -0.143. The second-order valence-electron chi connectivity index (χ2n) is 6.35. The van der Waals surface area contributed by atoms with Gasteiger partial charge in [-0.15, -0.1) is 5.10 Å². The Hall–Kier alpha value is -2.84. The van der Waals surface area contributed by atoms with Crippen molar-refractivity contribution in [3.05, 3.63) is 46.8 Å². The predicted molar refractivity (Wildman–Crippen MR) is 86.5 cm³/mol. The highest BCUT2D eigenvalue weighted by Gasteiger charge is 2.31. The third-order valence-electron chi connectivity index (χ3n) is 4.58. The summed E-state index contributed by atoms with van der Waals surface area (Å²) in [6.07, 6.45) is 1.14. The summed E-state index contributed by atoms with van der Waals surface area (Å²) < 4.78 is 28.2. The van der Waals surface area contributed by atoms with Crippen molar-refractivity contribution < 1.29 is 23.5 Å². The molecule has 0 aliphatic carbocycles. The molecule has 9 heteroatoms. The van der Waals surface area contributed by atoms with Gasteiger partial charge in [-0.05, 0) is 25.8 Å². The molecule has 1 aliphatic rings. The first-order valence-corrected chi connectivity index (χ1v) is 8.23. The Morgan fingerprint density at radius 2 is 2.12 bits per heavy atom. The minimum absolute atomic E-state index is 0.00990. The maximum atomic E-state index is 13.8. The van der Waals surface area contributed by atoms with Crippen LogP contribution in [-0.4, -0.2) is 50.0 Å². The van der Waals surface area contributed by atoms with E-state index in [4.69, 9.17) is 5.11 Å². The van der Waals surface area contributed by atoms with Gasteiger partial charge in [0.1, 0.15) is 11.6 Å². The lowest BCUT2D eigenvalue weighted by Crippen LogP contribution is -2.42. The molecule has 1 saturated heterocycles. The monoisotopic (exact) mass is 364 g/mol. The molecule has 138 valence electrons. The van der Waals surface area contributed by atoms with Crippen molar-refractivity contribution in [1.82, 2.24) is 19.9 Å². The molecule has 3 rings (SSSR count). The first-order chi connectivity index (χ1) is 12.4. The zero-order valence-corrected chi connectivity index (χ0v) is 14.2. The number of amides is 1. The van der Waals surface area contributed by atoms with Crippen LogP contribution >= 0.6 is 0 Å². The summed E-state index contributed by atoms with van der Waals surface area (Å²) in [6, 6.07) is 3.25. The fraction of sp³-hybridized carbons (Fsp3) is 0.412. The molecular formula is C17H18F2N4O3. The highest BCUT2D eigenvalue weighted by Crippen LogP contribution is 2.20. The molecule has 1 aliphatic heterocycles. The van der Waals surface area contributed by atoms with Crippen LogP contribution in [0.4, 0.5) is 8.78 Å². The molecule has 1 fully saturated rings. The highest BCUT2D eigenvalue weighted by molar-refractivity contribution is 5.93. The van der Waals surface area contributed by atoms with E-state index in [1.165, 1.54) is 15.6 Å². The predicted octanol–water partition coefficient (Wildman–Crippen LogP) is 1.85. The minimum atomic E-state index is -0.922. The lowest BCUT2D eigenvalue weighted by Gasteiger charge is -2.30. The Morgan fingerprint density at radius 1 is 1.35 bits per heavy atom. The first-order valence-electron chi connectivity index (χ1n) is 8.23. The van der Waals surface area contributed by atoms with E-state index in [0.29, 0.717) is 25.1 Å². The fourth-order valence-corrected chi connectivity index (χ4v) is 3.03. The van der Waals surface area contributed by atoms with E-state index in [1.807, 2.05) is 0 Å². The Kier molecular flexibility index (Phi) is 4.97. The van der Waals surface area contributed by atoms with E-state index in [9.17, 15) is 18.4 Å². The number of carboxylic acid groups (broad SMARTS) is 1. The van der Waals surface area contributed by atoms with Gasteiger partial charge in [-0.3, -0.25) is 9.59 Å². The second kappa shape index (κ2) is 7.19. The number of benzene rings is 1. The van der Waals surface area contributed by atoms with Gasteiger partial charge in [0.25, 0.3) is 5.91 Å². The van der Waals surface area contributed by atoms with Crippen LogP contribution in [0.25, 0.3) is 0 Å². The summed E-state index contributed by atoms with van der Waals surface area (Å²) in [6.45, 7) is 2.23. The van der Waals surface area contributed by atoms with Crippen molar-refractivity contribution in [2.75, 3.05) is 13.1 Å². The van der Waals surface area contributed by atoms with Crippen LogP contribution in [0.2, 0.25) is 0 Å². The average Bonchev–Trinajstić information content (AvgIpc) is 2.97. The standard InChI is InChI=1S/C17H18F2N4O3/c1-10-15(16(24)22-6-2-3-12(8-22)17(25)26)20-21-23(10)9-11-4-5-13(18)7-14(11)19/h4-5,7,12H,2-3,6,8-9H2,1H3,(H,25,26). The van der Waals surface area contributed by atoms with Crippen molar-refractivity contribution in [2.45, 2.75) is 26.3 Å². The number of carbonyl (C=O) groups is 2. The third kappa shape index (κ3) is 3.56. The van der Waals surface area contributed by atoms with Crippen LogP contribution < -0.4 is 0 Å². The molecule has 0 saturated carbocycles. The van der Waals surface area contributed by atoms with Gasteiger partial charge in [-0.25, -0.2) is 13.5 Å². The molecule has 7 nitrogen and oxygen atoms in total. The molecule has 0 bridgehead atoms. The molecule has 1 amide bonds. The Bertz CT molecular complexity index is 853. The van der Waals surface area contributed by atoms with E-state index in [1.54, 1.807) is 6.92 Å². The summed E-state index contributed by atoms with van der Waals surface area (Å²) in [7, 11) is 0. The van der Waals surface area contributed by atoms with Gasteiger partial charge in [0.15, 0.2) is 5.69 Å². The second-order valence-corrected chi connectivity index (χ2v) is 6.35. The molecule has 2 aromatic rings. The molecule has 2 heterocycles. The van der Waals surface area contributed by atoms with Crippen LogP contribution in [-0.2, 0) is 11.3 Å². The number of aliphatic carboxylic acids is 1. The number of carbonyl (C=O) groups excluding carboxylic acids is 1. The summed E-state index contributed by atoms with van der Waals surface area (Å²) in [4.78, 5) is 25.3. The maximum Gasteiger partial charge on any atom is 0.308 e. The number of hydrogen-bond donors (Lipinski definition) is 1. The Labute approximate surface area is 148 Å². The Morgan fingerprint density at radius 3 is 2.81 bits per heavy atom. The summed E-state index contributed by atoms with van der Waals surface area (Å²) in [5.41, 5.74) is 0.775. The lowest BCUT2D eigenvalue weighted by atomic mass is 9.98. The molecule has 1 N–H and O–H groups in total. The van der Waals surface area contributed by atoms with Crippen molar-refractivity contribution >= 4 is 11.9 Å². The number of rotatable bonds is 4. The van der Waals surface area contributed by atoms with E-state index in [0.717, 1.165) is 12.1 Å². The fourth-order valence-electron chi connectivity index (χ4n) is 3.03. The molecule has 1 aromatic carbocycles. The van der Waals surface area contributed by atoms with Gasteiger partial charge in [0.05, 0.1) is 18.2 Å². The van der Waals surface area contributed by atoms with Crippen molar-refractivity contribution in [3.8, 4) is 0 Å². The molecule has 1 aromatic heterocycles. The van der Waals surface area contributed by atoms with Crippen LogP contribution in [0.5, 0.6) is 0 Å². The summed E-state index contributed by atoms with van der Waals surface area (Å²) in [5.74, 6) is -3.27. The quantitative estimate of drug-likeness (QED) is 0.894. The molecule has 0 radical (unpaired) electrons. The smallest absolute Gasteiger partial charge is 0.308 e. The number of nitrogens with zero attached hydrogens (tertiary/aromatic N) is 4. The minimum Gasteiger partial charge on any atom is -0.481 e. The van der Waals surface area contributed by atoms with Gasteiger partial charge in [-0.1, -0.05) is 11.3 Å². The van der Waals surface area contributed by atoms with E-state index < -0.39 is 23.5 Å². The van der Waals surface area contributed by atoms with Gasteiger partial charge >= 0.3 is 5.97 Å². The zero-order valence-electron chi connectivity index (χ0n) is 14.2. The topological polar surface area (TPSA) is 88.3 Å². The molecule has 1 atom stereocenters. The van der Waals surface area contributed by atoms with Gasteiger partial charge in [-0.2, -0.15) is 0 Å². The zero-order chi connectivity index (χ0) is 18.8. The SMILES string of the molecule is Cc1c(C(=O)N2CCCC(C(=O)O)C2)nnn1Cc1ccc(F)cc1F. The van der Waals surface area contributed by atoms with Gasteiger partial charge in [0.2, 0.25) is 0 Å². The number of likely N-dealkylation sites (tertiary alicyclic amines) is 1. The van der Waals surface area contributed by atoms with Crippen molar-refractivity contribution in [2.24, 2.45) is 5.92 Å². The number of aromatic nitrogens is 3. The van der Waals surface area contributed by atoms with Gasteiger partial charge < -0.3 is 10.0 Å². The normalized spacial score (nSPS) is 17.3. The summed E-state index contributed by atoms with van der Waals surface area (Å²) in [5, 5.41) is 16.9. The molecular weight excluding hydrogens is 346 g/mol. The Balaban J connectivity index is 1.78. The van der Waals surface area contributed by atoms with Crippen LogP contribution in [0, 0.1) is 24.5 Å². The third-order valence-corrected chi connectivity index (χ3v) is 4.58. The molecule has 26 heavy (non-hydrogen) atoms. The number of piperidine rings is 1. The first kappa shape index (κ1) is 18.0. The highest BCUT2D eigenvalue weighted by atomic mass is 19.1. The van der Waals surface area contributed by atoms with Gasteiger partial charge in [0, 0.05) is 24.7 Å². The number of hydrogen-bond acceptors (Lipinski definition) is 4. The largest absolute Gasteiger partial charge is 0.481 e. The van der Waals surface area contributed by atoms with E-state index >= 15 is 0 Å². The van der Waals surface area contributed by atoms with Crippen LogP contribution in [0.15, 0.2) is 18.2 Å². The van der Waals surface area contributed by atoms with Crippen molar-refractivity contribution in [3.63, 3.8) is 0 Å². The molecule has 1 unspecified atom stereocenters. The number of halogens is 2. The maximum absolute atomic E-state index is 13.8. The molecule has 0 spiro atoms.